The highest BCUT2D eigenvalue weighted by molar-refractivity contribution is 7.90. The van der Waals surface area contributed by atoms with E-state index < -0.39 is 15.7 Å². The van der Waals surface area contributed by atoms with Gasteiger partial charge in [-0.15, -0.1) is 0 Å². The van der Waals surface area contributed by atoms with Crippen LogP contribution >= 0.6 is 0 Å². The molecular weight excluding hydrogens is 267 g/mol. The predicted octanol–water partition coefficient (Wildman–Crippen LogP) is 2.09. The summed E-state index contributed by atoms with van der Waals surface area (Å²) >= 11 is 0. The standard InChI is InChI=1S/C13H13FN2O2S/c1-9-3-2-4-10(16-9)8-19(17,18)11-5-6-13(15)12(14)7-11/h2-7H,8,15H2,1H3. The molecule has 0 fully saturated rings. The Morgan fingerprint density at radius 2 is 2.00 bits per heavy atom. The van der Waals surface area contributed by atoms with Crippen LogP contribution in [0.2, 0.25) is 0 Å². The number of nitrogen functional groups attached to an aromatic ring is 1. The Hall–Kier alpha value is -1.95. The molecule has 0 spiro atoms. The Labute approximate surface area is 111 Å². The number of rotatable bonds is 3. The first-order valence-corrected chi connectivity index (χ1v) is 7.24. The zero-order valence-corrected chi connectivity index (χ0v) is 11.1. The van der Waals surface area contributed by atoms with E-state index >= 15 is 0 Å². The lowest BCUT2D eigenvalue weighted by Crippen LogP contribution is -2.07. The molecule has 0 bridgehead atoms. The molecule has 0 aliphatic rings. The molecule has 2 aromatic rings. The number of anilines is 1. The van der Waals surface area contributed by atoms with E-state index in [2.05, 4.69) is 4.98 Å². The smallest absolute Gasteiger partial charge is 0.184 e. The van der Waals surface area contributed by atoms with E-state index in [-0.39, 0.29) is 16.3 Å². The van der Waals surface area contributed by atoms with E-state index in [9.17, 15) is 12.8 Å². The second-order valence-electron chi connectivity index (χ2n) is 4.21. The summed E-state index contributed by atoms with van der Waals surface area (Å²) in [6.45, 7) is 1.78. The van der Waals surface area contributed by atoms with E-state index in [1.165, 1.54) is 12.1 Å². The summed E-state index contributed by atoms with van der Waals surface area (Å²) in [5, 5.41) is 0. The van der Waals surface area contributed by atoms with Crippen molar-refractivity contribution in [2.75, 3.05) is 5.73 Å². The Morgan fingerprint density at radius 1 is 1.26 bits per heavy atom. The van der Waals surface area contributed by atoms with Crippen molar-refractivity contribution in [3.05, 3.63) is 53.6 Å². The van der Waals surface area contributed by atoms with Gasteiger partial charge in [0.25, 0.3) is 0 Å². The summed E-state index contributed by atoms with van der Waals surface area (Å²) in [4.78, 5) is 4.03. The summed E-state index contributed by atoms with van der Waals surface area (Å²) in [6, 6.07) is 8.60. The third kappa shape index (κ3) is 3.08. The van der Waals surface area contributed by atoms with Gasteiger partial charge in [-0.3, -0.25) is 4.98 Å². The highest BCUT2D eigenvalue weighted by Crippen LogP contribution is 2.19. The topological polar surface area (TPSA) is 73.0 Å². The lowest BCUT2D eigenvalue weighted by atomic mass is 10.3. The lowest BCUT2D eigenvalue weighted by Gasteiger charge is -2.06. The molecule has 2 N–H and O–H groups in total. The summed E-state index contributed by atoms with van der Waals surface area (Å²) in [6.07, 6.45) is 0. The van der Waals surface area contributed by atoms with Gasteiger partial charge in [0.15, 0.2) is 9.84 Å². The fraction of sp³-hybridized carbons (Fsp3) is 0.154. The van der Waals surface area contributed by atoms with Crippen molar-refractivity contribution >= 4 is 15.5 Å². The highest BCUT2D eigenvalue weighted by Gasteiger charge is 2.17. The third-order valence-electron chi connectivity index (χ3n) is 2.61. The summed E-state index contributed by atoms with van der Waals surface area (Å²) < 4.78 is 37.6. The molecule has 0 aliphatic heterocycles. The third-order valence-corrected chi connectivity index (χ3v) is 4.26. The van der Waals surface area contributed by atoms with Crippen LogP contribution < -0.4 is 5.73 Å². The molecule has 6 heteroatoms. The molecule has 1 aromatic carbocycles. The van der Waals surface area contributed by atoms with Crippen LogP contribution in [0.3, 0.4) is 0 Å². The minimum Gasteiger partial charge on any atom is -0.396 e. The van der Waals surface area contributed by atoms with E-state index in [4.69, 9.17) is 5.73 Å². The van der Waals surface area contributed by atoms with Gasteiger partial charge >= 0.3 is 0 Å². The number of hydrogen-bond donors (Lipinski definition) is 1. The monoisotopic (exact) mass is 280 g/mol. The number of aryl methyl sites for hydroxylation is 1. The second kappa shape index (κ2) is 4.97. The quantitative estimate of drug-likeness (QED) is 0.874. The minimum absolute atomic E-state index is 0.0763. The van der Waals surface area contributed by atoms with Gasteiger partial charge in [-0.25, -0.2) is 12.8 Å². The van der Waals surface area contributed by atoms with Gasteiger partial charge in [0, 0.05) is 5.69 Å². The fourth-order valence-corrected chi connectivity index (χ4v) is 2.93. The van der Waals surface area contributed by atoms with Crippen LogP contribution in [0.5, 0.6) is 0 Å². The first-order chi connectivity index (χ1) is 8.88. The molecule has 2 rings (SSSR count). The summed E-state index contributed by atoms with van der Waals surface area (Å²) in [5.74, 6) is -1.00. The number of hydrogen-bond acceptors (Lipinski definition) is 4. The first kappa shape index (κ1) is 13.5. The number of nitrogens with zero attached hydrogens (tertiary/aromatic N) is 1. The van der Waals surface area contributed by atoms with Gasteiger partial charge in [-0.1, -0.05) is 6.07 Å². The number of nitrogens with two attached hydrogens (primary N) is 1. The van der Waals surface area contributed by atoms with Gasteiger partial charge < -0.3 is 5.73 Å². The van der Waals surface area contributed by atoms with Crippen molar-refractivity contribution in [1.29, 1.82) is 0 Å². The Balaban J connectivity index is 2.35. The maximum absolute atomic E-state index is 13.3. The number of sulfone groups is 1. The molecule has 0 aliphatic carbocycles. The molecule has 0 radical (unpaired) electrons. The van der Waals surface area contributed by atoms with E-state index in [0.29, 0.717) is 5.69 Å². The number of benzene rings is 1. The molecule has 0 unspecified atom stereocenters. The van der Waals surface area contributed by atoms with Crippen LogP contribution in [0.4, 0.5) is 10.1 Å². The van der Waals surface area contributed by atoms with Crippen molar-refractivity contribution in [3.8, 4) is 0 Å². The number of pyridine rings is 1. The van der Waals surface area contributed by atoms with Gasteiger partial charge in [0.2, 0.25) is 0 Å². The average molecular weight is 280 g/mol. The molecular formula is C13H13FN2O2S. The zero-order valence-electron chi connectivity index (χ0n) is 10.3. The van der Waals surface area contributed by atoms with Crippen molar-refractivity contribution in [2.45, 2.75) is 17.6 Å². The molecule has 1 aromatic heterocycles. The van der Waals surface area contributed by atoms with E-state index in [1.807, 2.05) is 0 Å². The molecule has 4 nitrogen and oxygen atoms in total. The lowest BCUT2D eigenvalue weighted by molar-refractivity contribution is 0.590. The van der Waals surface area contributed by atoms with E-state index in [1.54, 1.807) is 25.1 Å². The highest BCUT2D eigenvalue weighted by atomic mass is 32.2. The van der Waals surface area contributed by atoms with Crippen molar-refractivity contribution in [2.24, 2.45) is 0 Å². The number of aromatic nitrogens is 1. The summed E-state index contributed by atoms with van der Waals surface area (Å²) in [5.41, 5.74) is 6.41. The van der Waals surface area contributed by atoms with Gasteiger partial charge in [-0.2, -0.15) is 0 Å². The van der Waals surface area contributed by atoms with Gasteiger partial charge in [0.1, 0.15) is 5.82 Å². The molecule has 100 valence electrons. The van der Waals surface area contributed by atoms with Gasteiger partial charge in [0.05, 0.1) is 22.0 Å². The van der Waals surface area contributed by atoms with Crippen LogP contribution in [-0.2, 0) is 15.6 Å². The van der Waals surface area contributed by atoms with Crippen LogP contribution in [0, 0.1) is 12.7 Å². The zero-order chi connectivity index (χ0) is 14.0. The van der Waals surface area contributed by atoms with E-state index in [0.717, 1.165) is 11.8 Å². The average Bonchev–Trinajstić information content (AvgIpc) is 2.32. The molecule has 0 atom stereocenters. The van der Waals surface area contributed by atoms with Crippen LogP contribution in [0.25, 0.3) is 0 Å². The Morgan fingerprint density at radius 3 is 2.63 bits per heavy atom. The Kier molecular flexibility index (Phi) is 3.53. The van der Waals surface area contributed by atoms with Gasteiger partial charge in [-0.05, 0) is 37.3 Å². The van der Waals surface area contributed by atoms with Crippen molar-refractivity contribution < 1.29 is 12.8 Å². The van der Waals surface area contributed by atoms with Crippen molar-refractivity contribution in [1.82, 2.24) is 4.98 Å². The second-order valence-corrected chi connectivity index (χ2v) is 6.20. The maximum atomic E-state index is 13.3. The summed E-state index contributed by atoms with van der Waals surface area (Å²) in [7, 11) is -3.63. The number of halogens is 1. The largest absolute Gasteiger partial charge is 0.396 e. The fourth-order valence-electron chi connectivity index (χ4n) is 1.66. The molecule has 0 saturated heterocycles. The predicted molar refractivity (Wildman–Crippen MR) is 70.7 cm³/mol. The maximum Gasteiger partial charge on any atom is 0.184 e. The van der Waals surface area contributed by atoms with Crippen LogP contribution in [0.1, 0.15) is 11.4 Å². The molecule has 1 heterocycles. The normalized spacial score (nSPS) is 11.5. The molecule has 0 amide bonds. The SMILES string of the molecule is Cc1cccc(CS(=O)(=O)c2ccc(N)c(F)c2)n1. The molecule has 19 heavy (non-hydrogen) atoms. The van der Waals surface area contributed by atoms with Crippen molar-refractivity contribution in [3.63, 3.8) is 0 Å². The van der Waals surface area contributed by atoms with Crippen LogP contribution in [-0.4, -0.2) is 13.4 Å². The minimum atomic E-state index is -3.63. The Bertz CT molecular complexity index is 714. The molecule has 0 saturated carbocycles. The van der Waals surface area contributed by atoms with Crippen LogP contribution in [0.15, 0.2) is 41.3 Å². The first-order valence-electron chi connectivity index (χ1n) is 5.59.